The topological polar surface area (TPSA) is 59.5 Å². The fraction of sp³-hybridized carbons (Fsp3) is 0.194. The smallest absolute Gasteiger partial charge is 0.219 e. The molecule has 0 bridgehead atoms. The zero-order valence-corrected chi connectivity index (χ0v) is 22.7. The van der Waals surface area contributed by atoms with Crippen LogP contribution in [0.2, 0.25) is 5.02 Å². The largest absolute Gasteiger partial charge is 0.447 e. The van der Waals surface area contributed by atoms with Crippen molar-refractivity contribution in [3.63, 3.8) is 0 Å². The quantitative estimate of drug-likeness (QED) is 0.241. The number of hydrogen-bond donors (Lipinski definition) is 0. The zero-order valence-electron chi connectivity index (χ0n) is 22.0. The van der Waals surface area contributed by atoms with Gasteiger partial charge in [0.05, 0.1) is 29.0 Å². The van der Waals surface area contributed by atoms with Crippen LogP contribution in [0.1, 0.15) is 46.4 Å². The molecule has 5 aromatic rings. The van der Waals surface area contributed by atoms with Gasteiger partial charge in [-0.2, -0.15) is 10.2 Å². The molecule has 0 radical (unpaired) electrons. The first-order valence-electron chi connectivity index (χ1n) is 12.6. The molecule has 0 saturated carbocycles. The van der Waals surface area contributed by atoms with Crippen molar-refractivity contribution in [2.75, 3.05) is 5.01 Å². The number of rotatable bonds is 4. The lowest BCUT2D eigenvalue weighted by molar-refractivity contribution is 0.449. The highest BCUT2D eigenvalue weighted by molar-refractivity contribution is 6.30. The van der Waals surface area contributed by atoms with Gasteiger partial charge in [-0.3, -0.25) is 5.01 Å². The third-order valence-electron chi connectivity index (χ3n) is 6.31. The molecule has 0 amide bonds. The Hall–Kier alpha value is -4.16. The Labute approximate surface area is 228 Å². The number of halogens is 1. The zero-order chi connectivity index (χ0) is 26.6. The minimum atomic E-state index is -0.0172. The van der Waals surface area contributed by atoms with E-state index in [9.17, 15) is 0 Å². The summed E-state index contributed by atoms with van der Waals surface area (Å²) in [4.78, 5) is 4.37. The van der Waals surface area contributed by atoms with E-state index in [0.29, 0.717) is 5.89 Å². The number of hydrazone groups is 1. The molecule has 1 aliphatic rings. The average Bonchev–Trinajstić information content (AvgIpc) is 3.65. The minimum absolute atomic E-state index is 0.0172. The number of aromatic nitrogens is 3. The molecular formula is C31H30ClN5O. The lowest BCUT2D eigenvalue weighted by Gasteiger charge is -2.22. The van der Waals surface area contributed by atoms with Crippen LogP contribution in [0.25, 0.3) is 5.69 Å². The highest BCUT2D eigenvalue weighted by Gasteiger charge is 2.33. The number of anilines is 1. The van der Waals surface area contributed by atoms with E-state index in [0.717, 1.165) is 45.5 Å². The normalized spacial score (nSPS) is 14.7. The van der Waals surface area contributed by atoms with Gasteiger partial charge in [0.1, 0.15) is 12.3 Å². The fourth-order valence-corrected chi connectivity index (χ4v) is 4.83. The van der Waals surface area contributed by atoms with E-state index in [2.05, 4.69) is 60.3 Å². The van der Waals surface area contributed by atoms with Crippen molar-refractivity contribution < 1.29 is 4.42 Å². The molecule has 192 valence electrons. The standard InChI is InChI=1S/C20H19N3O.C11H11ClN2/c1-14-10-15(2)12-17(11-14)23-19(20-21-8-9-24-20)13-18(22-23)16-6-4-3-5-7-16;1-8-7-9(2)14(13-8)11-5-3-10(12)4-6-11/h3-12,19H,13H2,1-2H3;3-7H,1-2H3. The van der Waals surface area contributed by atoms with Crippen LogP contribution >= 0.6 is 11.6 Å². The van der Waals surface area contributed by atoms with E-state index in [-0.39, 0.29) is 6.04 Å². The Morgan fingerprint density at radius 1 is 0.842 bits per heavy atom. The number of oxazole rings is 1. The van der Waals surface area contributed by atoms with Gasteiger partial charge in [-0.15, -0.1) is 0 Å². The molecule has 6 rings (SSSR count). The van der Waals surface area contributed by atoms with Crippen molar-refractivity contribution in [2.45, 2.75) is 40.2 Å². The SMILES string of the molecule is Cc1cc(C)cc(N2N=C(c3ccccc3)CC2c2ncco2)c1.Cc1cc(C)n(-c2ccc(Cl)cc2)n1. The van der Waals surface area contributed by atoms with Gasteiger partial charge < -0.3 is 4.42 Å². The van der Waals surface area contributed by atoms with Gasteiger partial charge in [0.2, 0.25) is 5.89 Å². The maximum atomic E-state index is 5.81. The molecule has 0 fully saturated rings. The predicted octanol–water partition coefficient (Wildman–Crippen LogP) is 7.79. The summed E-state index contributed by atoms with van der Waals surface area (Å²) in [7, 11) is 0. The second-order valence-electron chi connectivity index (χ2n) is 9.51. The molecule has 6 nitrogen and oxygen atoms in total. The molecule has 3 aromatic carbocycles. The van der Waals surface area contributed by atoms with Crippen LogP contribution in [0.4, 0.5) is 5.69 Å². The van der Waals surface area contributed by atoms with E-state index in [1.54, 1.807) is 12.5 Å². The first kappa shape index (κ1) is 25.5. The van der Waals surface area contributed by atoms with Gasteiger partial charge in [0, 0.05) is 17.1 Å². The minimum Gasteiger partial charge on any atom is -0.447 e. The van der Waals surface area contributed by atoms with Crippen molar-refractivity contribution in [2.24, 2.45) is 5.10 Å². The van der Waals surface area contributed by atoms with Crippen molar-refractivity contribution >= 4 is 23.0 Å². The predicted molar refractivity (Wildman–Crippen MR) is 153 cm³/mol. The molecule has 2 aromatic heterocycles. The molecular weight excluding hydrogens is 494 g/mol. The van der Waals surface area contributed by atoms with Gasteiger partial charge in [-0.05, 0) is 86.8 Å². The number of aryl methyl sites for hydroxylation is 4. The van der Waals surface area contributed by atoms with Gasteiger partial charge in [0.15, 0.2) is 0 Å². The molecule has 0 spiro atoms. The Bertz CT molecular complexity index is 1520. The van der Waals surface area contributed by atoms with Crippen LogP contribution in [-0.4, -0.2) is 20.5 Å². The van der Waals surface area contributed by atoms with Gasteiger partial charge in [-0.1, -0.05) is 48.0 Å². The van der Waals surface area contributed by atoms with Crippen molar-refractivity contribution in [3.05, 3.63) is 130 Å². The maximum absolute atomic E-state index is 5.81. The van der Waals surface area contributed by atoms with Crippen LogP contribution in [0.15, 0.2) is 101 Å². The molecule has 1 aliphatic heterocycles. The summed E-state index contributed by atoms with van der Waals surface area (Å²) in [6.07, 6.45) is 4.09. The number of benzene rings is 3. The lowest BCUT2D eigenvalue weighted by atomic mass is 10.0. The Morgan fingerprint density at radius 2 is 1.55 bits per heavy atom. The molecule has 7 heteroatoms. The molecule has 0 aliphatic carbocycles. The van der Waals surface area contributed by atoms with E-state index >= 15 is 0 Å². The van der Waals surface area contributed by atoms with Gasteiger partial charge in [0.25, 0.3) is 0 Å². The third-order valence-corrected chi connectivity index (χ3v) is 6.56. The Balaban J connectivity index is 0.000000179. The second kappa shape index (κ2) is 11.1. The van der Waals surface area contributed by atoms with E-state index < -0.39 is 0 Å². The van der Waals surface area contributed by atoms with Crippen LogP contribution in [-0.2, 0) is 0 Å². The monoisotopic (exact) mass is 523 g/mol. The number of hydrogen-bond acceptors (Lipinski definition) is 5. The van der Waals surface area contributed by atoms with Gasteiger partial charge >= 0.3 is 0 Å². The fourth-order valence-electron chi connectivity index (χ4n) is 4.70. The first-order chi connectivity index (χ1) is 18.4. The summed E-state index contributed by atoms with van der Waals surface area (Å²) in [6, 6.07) is 26.5. The third kappa shape index (κ3) is 5.71. The lowest BCUT2D eigenvalue weighted by Crippen LogP contribution is -2.19. The molecule has 38 heavy (non-hydrogen) atoms. The summed E-state index contributed by atoms with van der Waals surface area (Å²) in [5, 5.41) is 12.1. The Morgan fingerprint density at radius 3 is 2.16 bits per heavy atom. The van der Waals surface area contributed by atoms with E-state index in [4.69, 9.17) is 21.1 Å². The molecule has 3 heterocycles. The van der Waals surface area contributed by atoms with Crippen molar-refractivity contribution in [3.8, 4) is 5.69 Å². The highest BCUT2D eigenvalue weighted by atomic mass is 35.5. The van der Waals surface area contributed by atoms with E-state index in [1.807, 2.05) is 66.0 Å². The molecule has 1 atom stereocenters. The van der Waals surface area contributed by atoms with Crippen LogP contribution in [0.5, 0.6) is 0 Å². The van der Waals surface area contributed by atoms with Crippen molar-refractivity contribution in [1.29, 1.82) is 0 Å². The van der Waals surface area contributed by atoms with Gasteiger partial charge in [-0.25, -0.2) is 9.67 Å². The summed E-state index contributed by atoms with van der Waals surface area (Å²) >= 11 is 5.81. The summed E-state index contributed by atoms with van der Waals surface area (Å²) in [5.74, 6) is 0.698. The Kier molecular flexibility index (Phi) is 7.43. The second-order valence-corrected chi connectivity index (χ2v) is 9.95. The molecule has 0 saturated heterocycles. The maximum Gasteiger partial charge on any atom is 0.219 e. The van der Waals surface area contributed by atoms with Crippen molar-refractivity contribution in [1.82, 2.24) is 14.8 Å². The summed E-state index contributed by atoms with van der Waals surface area (Å²) in [6.45, 7) is 8.23. The van der Waals surface area contributed by atoms with Crippen LogP contribution in [0.3, 0.4) is 0 Å². The molecule has 1 unspecified atom stereocenters. The first-order valence-corrected chi connectivity index (χ1v) is 12.9. The highest BCUT2D eigenvalue weighted by Crippen LogP contribution is 2.36. The summed E-state index contributed by atoms with van der Waals surface area (Å²) < 4.78 is 7.50. The van der Waals surface area contributed by atoms with Crippen LogP contribution < -0.4 is 5.01 Å². The average molecular weight is 524 g/mol. The van der Waals surface area contributed by atoms with Crippen LogP contribution in [0, 0.1) is 27.7 Å². The molecule has 0 N–H and O–H groups in total. The number of nitrogens with zero attached hydrogens (tertiary/aromatic N) is 5. The van der Waals surface area contributed by atoms with E-state index in [1.165, 1.54) is 11.1 Å². The summed E-state index contributed by atoms with van der Waals surface area (Å²) in [5.41, 5.74) is 8.90.